The zero-order valence-electron chi connectivity index (χ0n) is 18.9. The topological polar surface area (TPSA) is 87.3 Å². The summed E-state index contributed by atoms with van der Waals surface area (Å²) in [4.78, 5) is 37.5. The van der Waals surface area contributed by atoms with Gasteiger partial charge in [-0.3, -0.25) is 14.4 Å². The highest BCUT2D eigenvalue weighted by molar-refractivity contribution is 5.97. The van der Waals surface area contributed by atoms with Crippen molar-refractivity contribution in [3.05, 3.63) is 102 Å². The summed E-state index contributed by atoms with van der Waals surface area (Å²) in [6.07, 6.45) is 0.380. The van der Waals surface area contributed by atoms with Gasteiger partial charge in [-0.25, -0.2) is 0 Å². The van der Waals surface area contributed by atoms with E-state index in [0.29, 0.717) is 24.2 Å². The van der Waals surface area contributed by atoms with Gasteiger partial charge in [0.15, 0.2) is 0 Å². The molecular formula is C27H29N3O3. The van der Waals surface area contributed by atoms with Crippen LogP contribution in [0.2, 0.25) is 0 Å². The van der Waals surface area contributed by atoms with Crippen molar-refractivity contribution in [3.63, 3.8) is 0 Å². The van der Waals surface area contributed by atoms with Gasteiger partial charge in [0, 0.05) is 30.1 Å². The second kappa shape index (κ2) is 11.6. The molecule has 3 aromatic carbocycles. The molecule has 0 fully saturated rings. The van der Waals surface area contributed by atoms with Crippen molar-refractivity contribution in [1.82, 2.24) is 10.6 Å². The van der Waals surface area contributed by atoms with Crippen molar-refractivity contribution in [2.75, 3.05) is 5.32 Å². The molecule has 3 N–H and O–H groups in total. The number of nitrogens with one attached hydrogen (secondary N) is 3. The fraction of sp³-hybridized carbons (Fsp3) is 0.222. The maximum absolute atomic E-state index is 13.0. The summed E-state index contributed by atoms with van der Waals surface area (Å²) in [5.41, 5.74) is 3.05. The molecule has 6 nitrogen and oxygen atoms in total. The lowest BCUT2D eigenvalue weighted by Crippen LogP contribution is -2.47. The molecule has 6 heteroatoms. The largest absolute Gasteiger partial charge is 0.350 e. The molecule has 0 bridgehead atoms. The minimum absolute atomic E-state index is 0.0473. The van der Waals surface area contributed by atoms with Crippen LogP contribution < -0.4 is 16.0 Å². The molecule has 0 saturated heterocycles. The fourth-order valence-corrected chi connectivity index (χ4v) is 3.20. The van der Waals surface area contributed by atoms with Crippen molar-refractivity contribution >= 4 is 23.4 Å². The minimum Gasteiger partial charge on any atom is -0.350 e. The zero-order valence-corrected chi connectivity index (χ0v) is 18.9. The van der Waals surface area contributed by atoms with Crippen molar-refractivity contribution in [2.24, 2.45) is 5.92 Å². The first-order valence-electron chi connectivity index (χ1n) is 11.0. The number of amides is 3. The Morgan fingerprint density at radius 1 is 0.727 bits per heavy atom. The highest BCUT2D eigenvalue weighted by atomic mass is 16.2. The van der Waals surface area contributed by atoms with Crippen LogP contribution in [0.15, 0.2) is 84.9 Å². The molecule has 3 rings (SSSR count). The maximum atomic E-state index is 13.0. The molecule has 3 amide bonds. The summed E-state index contributed by atoms with van der Waals surface area (Å²) >= 11 is 0. The van der Waals surface area contributed by atoms with Gasteiger partial charge in [0.2, 0.25) is 11.8 Å². The van der Waals surface area contributed by atoms with E-state index in [0.717, 1.165) is 11.1 Å². The summed E-state index contributed by atoms with van der Waals surface area (Å²) < 4.78 is 0. The first kappa shape index (κ1) is 23.7. The van der Waals surface area contributed by atoms with Crippen molar-refractivity contribution in [1.29, 1.82) is 0 Å². The molecular weight excluding hydrogens is 414 g/mol. The predicted molar refractivity (Wildman–Crippen MR) is 130 cm³/mol. The lowest BCUT2D eigenvalue weighted by atomic mass is 10.0. The summed E-state index contributed by atoms with van der Waals surface area (Å²) in [5, 5.41) is 8.62. The average molecular weight is 444 g/mol. The number of rotatable bonds is 9. The van der Waals surface area contributed by atoms with E-state index in [1.807, 2.05) is 62.4 Å². The average Bonchev–Trinajstić information content (AvgIpc) is 2.84. The van der Waals surface area contributed by atoms with Crippen LogP contribution in [0, 0.1) is 5.92 Å². The molecule has 0 aliphatic carbocycles. The zero-order chi connectivity index (χ0) is 23.6. The van der Waals surface area contributed by atoms with Crippen molar-refractivity contribution < 1.29 is 14.4 Å². The molecule has 33 heavy (non-hydrogen) atoms. The van der Waals surface area contributed by atoms with E-state index < -0.39 is 6.04 Å². The normalized spacial score (nSPS) is 11.5. The van der Waals surface area contributed by atoms with Gasteiger partial charge in [-0.15, -0.1) is 0 Å². The van der Waals surface area contributed by atoms with Crippen LogP contribution in [0.3, 0.4) is 0 Å². The highest BCUT2D eigenvalue weighted by Crippen LogP contribution is 2.11. The van der Waals surface area contributed by atoms with Crippen LogP contribution in [-0.4, -0.2) is 23.8 Å². The Morgan fingerprint density at radius 2 is 1.33 bits per heavy atom. The number of hydrogen-bond donors (Lipinski definition) is 3. The first-order chi connectivity index (χ1) is 15.9. The summed E-state index contributed by atoms with van der Waals surface area (Å²) in [6, 6.07) is 25.0. The van der Waals surface area contributed by atoms with Crippen molar-refractivity contribution in [3.8, 4) is 0 Å². The maximum Gasteiger partial charge on any atom is 0.251 e. The molecule has 0 heterocycles. The fourth-order valence-electron chi connectivity index (χ4n) is 3.20. The second-order valence-electron chi connectivity index (χ2n) is 8.14. The Hall–Kier alpha value is -3.93. The number of anilines is 1. The Kier molecular flexibility index (Phi) is 8.36. The van der Waals surface area contributed by atoms with Crippen LogP contribution in [-0.2, 0) is 22.6 Å². The molecule has 0 aromatic heterocycles. The Bertz CT molecular complexity index is 1060. The third kappa shape index (κ3) is 7.31. The number of hydrogen-bond acceptors (Lipinski definition) is 3. The third-order valence-electron chi connectivity index (χ3n) is 5.15. The van der Waals surface area contributed by atoms with Crippen molar-refractivity contribution in [2.45, 2.75) is 32.9 Å². The number of carbonyl (C=O) groups is 3. The van der Waals surface area contributed by atoms with Crippen LogP contribution in [0.4, 0.5) is 5.69 Å². The first-order valence-corrected chi connectivity index (χ1v) is 11.0. The lowest BCUT2D eigenvalue weighted by Gasteiger charge is -2.19. The van der Waals surface area contributed by atoms with Crippen LogP contribution >= 0.6 is 0 Å². The molecule has 0 saturated carbocycles. The quantitative estimate of drug-likeness (QED) is 0.468. The highest BCUT2D eigenvalue weighted by Gasteiger charge is 2.21. The summed E-state index contributed by atoms with van der Waals surface area (Å²) in [5.74, 6) is -0.706. The van der Waals surface area contributed by atoms with E-state index in [2.05, 4.69) is 16.0 Å². The van der Waals surface area contributed by atoms with Gasteiger partial charge in [-0.1, -0.05) is 74.5 Å². The molecule has 1 atom stereocenters. The van der Waals surface area contributed by atoms with Gasteiger partial charge in [-0.05, 0) is 35.4 Å². The van der Waals surface area contributed by atoms with Gasteiger partial charge in [-0.2, -0.15) is 0 Å². The molecule has 0 radical (unpaired) electrons. The predicted octanol–water partition coefficient (Wildman–Crippen LogP) is 3.94. The van der Waals surface area contributed by atoms with E-state index in [-0.39, 0.29) is 23.6 Å². The van der Waals surface area contributed by atoms with Gasteiger partial charge in [0.25, 0.3) is 5.91 Å². The van der Waals surface area contributed by atoms with Gasteiger partial charge < -0.3 is 16.0 Å². The van der Waals surface area contributed by atoms with Gasteiger partial charge in [0.05, 0.1) is 0 Å². The van der Waals surface area contributed by atoms with Crippen LogP contribution in [0.25, 0.3) is 0 Å². The molecule has 1 unspecified atom stereocenters. The van der Waals surface area contributed by atoms with Gasteiger partial charge >= 0.3 is 0 Å². The van der Waals surface area contributed by atoms with Crippen LogP contribution in [0.1, 0.15) is 35.3 Å². The Morgan fingerprint density at radius 3 is 1.94 bits per heavy atom. The standard InChI is InChI=1S/C27H29N3O3/c1-19(2)25(31)29-23-15-13-21(14-16-23)18-28-27(33)24(17-20-9-5-3-6-10-20)30-26(32)22-11-7-4-8-12-22/h3-16,19,24H,17-18H2,1-2H3,(H,28,33)(H,29,31)(H,30,32). The molecule has 170 valence electrons. The smallest absolute Gasteiger partial charge is 0.251 e. The summed E-state index contributed by atoms with van der Waals surface area (Å²) in [6.45, 7) is 3.98. The van der Waals surface area contributed by atoms with E-state index in [1.165, 1.54) is 0 Å². The molecule has 0 aliphatic heterocycles. The van der Waals surface area contributed by atoms with E-state index >= 15 is 0 Å². The molecule has 0 aliphatic rings. The van der Waals surface area contributed by atoms with E-state index in [1.54, 1.807) is 36.4 Å². The Labute approximate surface area is 194 Å². The number of carbonyl (C=O) groups excluding carboxylic acids is 3. The van der Waals surface area contributed by atoms with E-state index in [9.17, 15) is 14.4 Å². The summed E-state index contributed by atoms with van der Waals surface area (Å²) in [7, 11) is 0. The molecule has 0 spiro atoms. The monoisotopic (exact) mass is 443 g/mol. The number of benzene rings is 3. The molecule has 3 aromatic rings. The van der Waals surface area contributed by atoms with E-state index in [4.69, 9.17) is 0 Å². The third-order valence-corrected chi connectivity index (χ3v) is 5.15. The minimum atomic E-state index is -0.718. The SMILES string of the molecule is CC(C)C(=O)Nc1ccc(CNC(=O)C(Cc2ccccc2)NC(=O)c2ccccc2)cc1. The second-order valence-corrected chi connectivity index (χ2v) is 8.14. The van der Waals surface area contributed by atoms with Gasteiger partial charge in [0.1, 0.15) is 6.04 Å². The van der Waals surface area contributed by atoms with Crippen LogP contribution in [0.5, 0.6) is 0 Å². The Balaban J connectivity index is 1.64. The lowest BCUT2D eigenvalue weighted by molar-refractivity contribution is -0.123.